The Hall–Kier alpha value is -1.63. The van der Waals surface area contributed by atoms with Gasteiger partial charge in [-0.1, -0.05) is 15.9 Å². The summed E-state index contributed by atoms with van der Waals surface area (Å²) in [7, 11) is 0. The van der Waals surface area contributed by atoms with E-state index in [2.05, 4.69) is 21.2 Å². The average Bonchev–Trinajstić information content (AvgIpc) is 2.25. The van der Waals surface area contributed by atoms with Crippen LogP contribution in [0.15, 0.2) is 22.7 Å². The van der Waals surface area contributed by atoms with E-state index in [1.807, 2.05) is 0 Å². The quantitative estimate of drug-likeness (QED) is 0.856. The molecule has 0 fully saturated rings. The number of carbonyl (C=O) groups is 2. The molecule has 1 amide bonds. The molecule has 0 saturated heterocycles. The van der Waals surface area contributed by atoms with Gasteiger partial charge in [-0.25, -0.2) is 4.39 Å². The summed E-state index contributed by atoms with van der Waals surface area (Å²) in [4.78, 5) is 21.2. The van der Waals surface area contributed by atoms with E-state index in [1.165, 1.54) is 12.1 Å². The fourth-order valence-electron chi connectivity index (χ4n) is 0.961. The Labute approximate surface area is 105 Å². The highest BCUT2D eigenvalue weighted by atomic mass is 79.9. The largest absolute Gasteiger partial charge is 0.481 e. The minimum Gasteiger partial charge on any atom is -0.481 e. The minimum atomic E-state index is -1.16. The maximum atomic E-state index is 13.2. The zero-order chi connectivity index (χ0) is 12.8. The molecule has 2 N–H and O–H groups in total. The van der Waals surface area contributed by atoms with Crippen LogP contribution in [-0.2, 0) is 9.59 Å². The molecule has 7 heteroatoms. The van der Waals surface area contributed by atoms with Gasteiger partial charge in [0.15, 0.2) is 18.2 Å². The van der Waals surface area contributed by atoms with Gasteiger partial charge in [-0.3, -0.25) is 9.59 Å². The first-order valence-corrected chi connectivity index (χ1v) is 5.34. The summed E-state index contributed by atoms with van der Waals surface area (Å²) in [5.74, 6) is -2.47. The molecule has 0 aromatic heterocycles. The van der Waals surface area contributed by atoms with Gasteiger partial charge in [-0.15, -0.1) is 0 Å². The van der Waals surface area contributed by atoms with Gasteiger partial charge in [0.2, 0.25) is 0 Å². The van der Waals surface area contributed by atoms with Crippen molar-refractivity contribution in [3.63, 3.8) is 0 Å². The first-order chi connectivity index (χ1) is 7.99. The number of amides is 1. The number of hydrogen-bond donors (Lipinski definition) is 2. The lowest BCUT2D eigenvalue weighted by molar-refractivity contribution is -0.138. The van der Waals surface area contributed by atoms with Crippen LogP contribution < -0.4 is 10.1 Å². The van der Waals surface area contributed by atoms with Gasteiger partial charge in [0.1, 0.15) is 6.54 Å². The first-order valence-electron chi connectivity index (χ1n) is 4.55. The molecule has 0 unspecified atom stereocenters. The van der Waals surface area contributed by atoms with Crippen molar-refractivity contribution in [2.45, 2.75) is 0 Å². The number of halogens is 2. The van der Waals surface area contributed by atoms with Crippen LogP contribution >= 0.6 is 15.9 Å². The molecule has 0 saturated carbocycles. The van der Waals surface area contributed by atoms with Crippen LogP contribution in [0.2, 0.25) is 0 Å². The molecule has 0 spiro atoms. The molecule has 1 aromatic rings. The van der Waals surface area contributed by atoms with E-state index in [-0.39, 0.29) is 5.75 Å². The Morgan fingerprint density at radius 1 is 1.47 bits per heavy atom. The maximum absolute atomic E-state index is 13.2. The number of ether oxygens (including phenoxy) is 1. The average molecular weight is 306 g/mol. The second-order valence-corrected chi connectivity index (χ2v) is 3.95. The molecule has 1 aromatic carbocycles. The number of benzene rings is 1. The van der Waals surface area contributed by atoms with Crippen LogP contribution in [0.3, 0.4) is 0 Å². The van der Waals surface area contributed by atoms with Crippen LogP contribution in [0.4, 0.5) is 4.39 Å². The molecule has 0 atom stereocenters. The second kappa shape index (κ2) is 6.19. The van der Waals surface area contributed by atoms with Crippen LogP contribution in [-0.4, -0.2) is 30.1 Å². The van der Waals surface area contributed by atoms with Crippen LogP contribution in [0, 0.1) is 5.82 Å². The Balaban J connectivity index is 2.44. The molecule has 0 aliphatic carbocycles. The number of nitrogens with one attached hydrogen (secondary N) is 1. The van der Waals surface area contributed by atoms with E-state index in [1.54, 1.807) is 6.07 Å². The smallest absolute Gasteiger partial charge is 0.322 e. The van der Waals surface area contributed by atoms with E-state index < -0.39 is 30.8 Å². The molecular weight excluding hydrogens is 297 g/mol. The molecule has 0 radical (unpaired) electrons. The Bertz CT molecular complexity index is 438. The summed E-state index contributed by atoms with van der Waals surface area (Å²) in [6.45, 7) is -0.934. The highest BCUT2D eigenvalue weighted by molar-refractivity contribution is 9.10. The molecular formula is C10H9BrFNO4. The van der Waals surface area contributed by atoms with Gasteiger partial charge in [-0.2, -0.15) is 0 Å². The van der Waals surface area contributed by atoms with Crippen molar-refractivity contribution in [2.75, 3.05) is 13.2 Å². The monoisotopic (exact) mass is 305 g/mol. The maximum Gasteiger partial charge on any atom is 0.322 e. The zero-order valence-electron chi connectivity index (χ0n) is 8.57. The molecule has 0 heterocycles. The number of hydrogen-bond acceptors (Lipinski definition) is 3. The van der Waals surface area contributed by atoms with E-state index >= 15 is 0 Å². The molecule has 5 nitrogen and oxygen atoms in total. The Morgan fingerprint density at radius 3 is 2.76 bits per heavy atom. The van der Waals surface area contributed by atoms with Crippen molar-refractivity contribution in [1.82, 2.24) is 5.32 Å². The second-order valence-electron chi connectivity index (χ2n) is 3.03. The third kappa shape index (κ3) is 4.81. The van der Waals surface area contributed by atoms with Crippen molar-refractivity contribution in [3.05, 3.63) is 28.5 Å². The van der Waals surface area contributed by atoms with Crippen molar-refractivity contribution in [2.24, 2.45) is 0 Å². The van der Waals surface area contributed by atoms with Crippen molar-refractivity contribution >= 4 is 27.8 Å². The van der Waals surface area contributed by atoms with E-state index in [9.17, 15) is 14.0 Å². The molecule has 0 bridgehead atoms. The number of carboxylic acid groups (broad SMARTS) is 1. The van der Waals surface area contributed by atoms with Crippen LogP contribution in [0.5, 0.6) is 5.75 Å². The SMILES string of the molecule is O=C(O)CNC(=O)COc1ccc(Br)cc1F. The van der Waals surface area contributed by atoms with E-state index in [0.29, 0.717) is 4.47 Å². The standard InChI is InChI=1S/C10H9BrFNO4/c11-6-1-2-8(7(12)3-6)17-5-9(14)13-4-10(15)16/h1-3H,4-5H2,(H,13,14)(H,15,16). The normalized spacial score (nSPS) is 9.76. The topological polar surface area (TPSA) is 75.6 Å². The van der Waals surface area contributed by atoms with Gasteiger partial charge in [0.25, 0.3) is 5.91 Å². The summed E-state index contributed by atoms with van der Waals surface area (Å²) in [6.07, 6.45) is 0. The van der Waals surface area contributed by atoms with Gasteiger partial charge in [0.05, 0.1) is 0 Å². The highest BCUT2D eigenvalue weighted by Gasteiger charge is 2.08. The van der Waals surface area contributed by atoms with Crippen LogP contribution in [0.25, 0.3) is 0 Å². The summed E-state index contributed by atoms with van der Waals surface area (Å²) >= 11 is 3.08. The summed E-state index contributed by atoms with van der Waals surface area (Å²) in [5, 5.41) is 10.4. The molecule has 92 valence electrons. The molecule has 17 heavy (non-hydrogen) atoms. The third-order valence-corrected chi connectivity index (χ3v) is 2.18. The summed E-state index contributed by atoms with van der Waals surface area (Å²) in [6, 6.07) is 4.13. The van der Waals surface area contributed by atoms with E-state index in [4.69, 9.17) is 9.84 Å². The number of rotatable bonds is 5. The fourth-order valence-corrected chi connectivity index (χ4v) is 1.29. The molecule has 0 aliphatic heterocycles. The number of carboxylic acids is 1. The molecule has 1 rings (SSSR count). The Kier molecular flexibility index (Phi) is 4.89. The first kappa shape index (κ1) is 13.4. The lowest BCUT2D eigenvalue weighted by atomic mass is 10.3. The predicted octanol–water partition coefficient (Wildman–Crippen LogP) is 1.17. The van der Waals surface area contributed by atoms with E-state index in [0.717, 1.165) is 0 Å². The predicted molar refractivity (Wildman–Crippen MR) is 60.2 cm³/mol. The molecule has 0 aliphatic rings. The number of carbonyl (C=O) groups excluding carboxylic acids is 1. The zero-order valence-corrected chi connectivity index (χ0v) is 10.2. The van der Waals surface area contributed by atoms with Crippen molar-refractivity contribution in [3.8, 4) is 5.75 Å². The lowest BCUT2D eigenvalue weighted by Crippen LogP contribution is -2.33. The fraction of sp³-hybridized carbons (Fsp3) is 0.200. The van der Waals surface area contributed by atoms with Gasteiger partial charge in [-0.05, 0) is 18.2 Å². The summed E-state index contributed by atoms with van der Waals surface area (Å²) in [5.41, 5.74) is 0. The summed E-state index contributed by atoms with van der Waals surface area (Å²) < 4.78 is 18.7. The van der Waals surface area contributed by atoms with Gasteiger partial charge < -0.3 is 15.2 Å². The van der Waals surface area contributed by atoms with Gasteiger partial charge >= 0.3 is 5.97 Å². The Morgan fingerprint density at radius 2 is 2.18 bits per heavy atom. The highest BCUT2D eigenvalue weighted by Crippen LogP contribution is 2.21. The van der Waals surface area contributed by atoms with Crippen molar-refractivity contribution < 1.29 is 23.8 Å². The minimum absolute atomic E-state index is 0.0707. The van der Waals surface area contributed by atoms with Gasteiger partial charge in [0, 0.05) is 4.47 Å². The third-order valence-electron chi connectivity index (χ3n) is 1.69. The lowest BCUT2D eigenvalue weighted by Gasteiger charge is -2.07. The number of aliphatic carboxylic acids is 1. The van der Waals surface area contributed by atoms with Crippen molar-refractivity contribution in [1.29, 1.82) is 0 Å². The van der Waals surface area contributed by atoms with Crippen LogP contribution in [0.1, 0.15) is 0 Å².